The summed E-state index contributed by atoms with van der Waals surface area (Å²) in [6.07, 6.45) is 11.4. The number of benzene rings is 3. The second-order valence-electron chi connectivity index (χ2n) is 13.7. The van der Waals surface area contributed by atoms with Gasteiger partial charge in [0.1, 0.15) is 12.2 Å². The summed E-state index contributed by atoms with van der Waals surface area (Å²) in [5.41, 5.74) is 6.75. The molecule has 0 radical (unpaired) electrons. The molecule has 1 aromatic heterocycles. The minimum absolute atomic E-state index is 0.347. The monoisotopic (exact) mass is 644 g/mol. The molecule has 3 unspecified atom stereocenters. The number of piperazine rings is 1. The highest BCUT2D eigenvalue weighted by Gasteiger charge is 2.30. The van der Waals surface area contributed by atoms with Crippen molar-refractivity contribution in [3.05, 3.63) is 115 Å². The Labute approximate surface area is 287 Å². The third-order valence-corrected chi connectivity index (χ3v) is 10.6. The van der Waals surface area contributed by atoms with Crippen LogP contribution in [0.4, 0.5) is 17.1 Å². The molecule has 2 fully saturated rings. The predicted molar refractivity (Wildman–Crippen MR) is 199 cm³/mol. The van der Waals surface area contributed by atoms with Crippen LogP contribution in [0.25, 0.3) is 0 Å². The predicted octanol–water partition coefficient (Wildman–Crippen LogP) is 7.93. The van der Waals surface area contributed by atoms with Gasteiger partial charge in [-0.25, -0.2) is 5.01 Å². The van der Waals surface area contributed by atoms with E-state index in [0.29, 0.717) is 6.04 Å². The number of aryl methyl sites for hydroxylation is 1. The number of rotatable bonds is 9. The van der Waals surface area contributed by atoms with Gasteiger partial charge in [0.2, 0.25) is 0 Å². The molecule has 4 aromatic rings. The first-order chi connectivity index (χ1) is 23.4. The fourth-order valence-corrected chi connectivity index (χ4v) is 7.38. The Hall–Kier alpha value is -4.59. The normalized spacial score (nSPS) is 20.5. The van der Waals surface area contributed by atoms with Crippen molar-refractivity contribution in [3.63, 3.8) is 0 Å². The summed E-state index contributed by atoms with van der Waals surface area (Å²) in [5, 5.41) is 14.0. The van der Waals surface area contributed by atoms with Crippen molar-refractivity contribution in [1.29, 1.82) is 0 Å². The van der Waals surface area contributed by atoms with E-state index in [1.165, 1.54) is 53.0 Å². The number of hydrogen-bond donors (Lipinski definition) is 0. The minimum Gasteiger partial charge on any atom is -0.368 e. The van der Waals surface area contributed by atoms with E-state index < -0.39 is 0 Å². The van der Waals surface area contributed by atoms with E-state index in [1.54, 1.807) is 19.4 Å². The van der Waals surface area contributed by atoms with Crippen LogP contribution in [-0.2, 0) is 13.5 Å². The summed E-state index contributed by atoms with van der Waals surface area (Å²) in [7, 11) is 1.78. The number of nitrogens with zero attached hydrogens (tertiary/aromatic N) is 8. The Bertz CT molecular complexity index is 1590. The molecule has 0 bridgehead atoms. The Kier molecular flexibility index (Phi) is 10.8. The number of anilines is 3. The molecule has 1 saturated heterocycles. The van der Waals surface area contributed by atoms with Crippen molar-refractivity contribution in [2.24, 2.45) is 24.0 Å². The maximum absolute atomic E-state index is 4.56. The van der Waals surface area contributed by atoms with Crippen molar-refractivity contribution in [2.75, 3.05) is 40.9 Å². The molecule has 0 N–H and O–H groups in total. The molecule has 252 valence electrons. The third kappa shape index (κ3) is 7.92. The summed E-state index contributed by atoms with van der Waals surface area (Å²) in [6, 6.07) is 29.8. The standard InChI is InChI=1S/C37H47N5.C3H5N3/c1-5-29(3)42-30(4)41(27-38-42)37-19-17-36(18-20-37)40-23-21-39(22-24-40)35-15-11-31(12-16-35)25-28(2)33-13-14-34(26-33)32-9-7-6-8-10-32;1-6-4-2-3-5-6/h6-12,15-20,27-29,33-34H,4-5,13-14,21-26H2,1-3H3;2-3H,1H3/t28?,29?,33-,34?;/m1./s1. The zero-order chi connectivity index (χ0) is 33.5. The van der Waals surface area contributed by atoms with Gasteiger partial charge >= 0.3 is 0 Å². The van der Waals surface area contributed by atoms with Crippen molar-refractivity contribution in [2.45, 2.75) is 64.8 Å². The van der Waals surface area contributed by atoms with Crippen LogP contribution in [0.3, 0.4) is 0 Å². The Morgan fingerprint density at radius 3 is 1.92 bits per heavy atom. The summed E-state index contributed by atoms with van der Waals surface area (Å²) in [4.78, 5) is 8.61. The first-order valence-corrected chi connectivity index (χ1v) is 17.7. The van der Waals surface area contributed by atoms with Crippen LogP contribution >= 0.6 is 0 Å². The van der Waals surface area contributed by atoms with Crippen molar-refractivity contribution < 1.29 is 0 Å². The van der Waals surface area contributed by atoms with E-state index in [0.717, 1.165) is 61.9 Å². The molecule has 2 aliphatic heterocycles. The van der Waals surface area contributed by atoms with Crippen LogP contribution in [0.15, 0.2) is 109 Å². The lowest BCUT2D eigenvalue weighted by molar-refractivity contribution is 0.286. The first kappa shape index (κ1) is 33.3. The molecule has 0 spiro atoms. The molecule has 7 rings (SSSR count). The second-order valence-corrected chi connectivity index (χ2v) is 13.7. The van der Waals surface area contributed by atoms with E-state index in [2.05, 4.69) is 136 Å². The van der Waals surface area contributed by atoms with E-state index in [4.69, 9.17) is 0 Å². The molecule has 3 heterocycles. The van der Waals surface area contributed by atoms with Crippen molar-refractivity contribution in [3.8, 4) is 0 Å². The Morgan fingerprint density at radius 2 is 1.35 bits per heavy atom. The molecule has 8 heteroatoms. The lowest BCUT2D eigenvalue weighted by Gasteiger charge is -2.37. The van der Waals surface area contributed by atoms with Crippen LogP contribution < -0.4 is 14.7 Å². The van der Waals surface area contributed by atoms with Gasteiger partial charge in [-0.1, -0.05) is 62.9 Å². The van der Waals surface area contributed by atoms with Gasteiger partial charge in [-0.05, 0) is 104 Å². The zero-order valence-corrected chi connectivity index (χ0v) is 29.2. The molecule has 3 aromatic carbocycles. The maximum atomic E-state index is 4.56. The van der Waals surface area contributed by atoms with Gasteiger partial charge in [0, 0.05) is 50.3 Å². The van der Waals surface area contributed by atoms with Crippen LogP contribution in [0, 0.1) is 11.8 Å². The number of hydrazone groups is 1. The lowest BCUT2D eigenvalue weighted by atomic mass is 9.86. The second kappa shape index (κ2) is 15.5. The van der Waals surface area contributed by atoms with E-state index in [9.17, 15) is 0 Å². The topological polar surface area (TPSA) is 56.0 Å². The van der Waals surface area contributed by atoms with E-state index in [-0.39, 0.29) is 0 Å². The first-order valence-electron chi connectivity index (χ1n) is 17.7. The number of aromatic nitrogens is 3. The molecular formula is C40H52N8. The molecule has 1 aliphatic carbocycles. The summed E-state index contributed by atoms with van der Waals surface area (Å²) in [6.45, 7) is 15.2. The molecular weight excluding hydrogens is 592 g/mol. The largest absolute Gasteiger partial charge is 0.368 e. The van der Waals surface area contributed by atoms with Gasteiger partial charge in [-0.3, -0.25) is 4.90 Å². The average Bonchev–Trinajstić information content (AvgIpc) is 3.91. The fraction of sp³-hybridized carbons (Fsp3) is 0.425. The Morgan fingerprint density at radius 1 is 0.771 bits per heavy atom. The van der Waals surface area contributed by atoms with Gasteiger partial charge in [0.05, 0.1) is 18.4 Å². The highest BCUT2D eigenvalue weighted by atomic mass is 15.6. The van der Waals surface area contributed by atoms with Crippen LogP contribution in [0.5, 0.6) is 0 Å². The highest BCUT2D eigenvalue weighted by Crippen LogP contribution is 2.42. The molecule has 0 amide bonds. The maximum Gasteiger partial charge on any atom is 0.128 e. The minimum atomic E-state index is 0.347. The van der Waals surface area contributed by atoms with Gasteiger partial charge in [-0.2, -0.15) is 20.1 Å². The van der Waals surface area contributed by atoms with Gasteiger partial charge < -0.3 is 9.80 Å². The van der Waals surface area contributed by atoms with Crippen LogP contribution in [-0.4, -0.2) is 58.6 Å². The molecule has 48 heavy (non-hydrogen) atoms. The SMILES string of the molecule is C=C1N(c2ccc(N3CCN(c4ccc(CC(C)[C@@H]5CCC(c6ccccc6)C5)cc4)CC3)cc2)C=NN1C(C)CC.Cn1nccn1. The van der Waals surface area contributed by atoms with Crippen molar-refractivity contribution >= 4 is 23.4 Å². The summed E-state index contributed by atoms with van der Waals surface area (Å²) >= 11 is 0. The Balaban J connectivity index is 0.000000604. The molecule has 4 atom stereocenters. The molecule has 1 saturated carbocycles. The smallest absolute Gasteiger partial charge is 0.128 e. The highest BCUT2D eigenvalue weighted by molar-refractivity contribution is 5.85. The summed E-state index contributed by atoms with van der Waals surface area (Å²) in [5.74, 6) is 3.23. The van der Waals surface area contributed by atoms with Crippen LogP contribution in [0.1, 0.15) is 63.5 Å². The van der Waals surface area contributed by atoms with E-state index >= 15 is 0 Å². The molecule has 3 aliphatic rings. The molecule has 8 nitrogen and oxygen atoms in total. The van der Waals surface area contributed by atoms with E-state index in [1.807, 2.05) is 11.3 Å². The quantitative estimate of drug-likeness (QED) is 0.185. The zero-order valence-electron chi connectivity index (χ0n) is 29.2. The van der Waals surface area contributed by atoms with Crippen molar-refractivity contribution in [1.82, 2.24) is 20.0 Å². The van der Waals surface area contributed by atoms with Crippen LogP contribution in [0.2, 0.25) is 0 Å². The third-order valence-electron chi connectivity index (χ3n) is 10.6. The lowest BCUT2D eigenvalue weighted by Crippen LogP contribution is -2.46. The summed E-state index contributed by atoms with van der Waals surface area (Å²) < 4.78 is 0. The van der Waals surface area contributed by atoms with Gasteiger partial charge in [0.15, 0.2) is 0 Å². The van der Waals surface area contributed by atoms with Gasteiger partial charge in [-0.15, -0.1) is 0 Å². The fourth-order valence-electron chi connectivity index (χ4n) is 7.38. The van der Waals surface area contributed by atoms with Gasteiger partial charge in [0.25, 0.3) is 0 Å². The average molecular weight is 645 g/mol. The number of hydrogen-bond acceptors (Lipinski definition) is 7.